The van der Waals surface area contributed by atoms with Gasteiger partial charge in [-0.25, -0.2) is 0 Å². The molecular weight excluding hydrogens is 234 g/mol. The standard InChI is InChI=1S/C13H19NO2S/c1-10(9-17-2)14-8-12-6-4-3-5-11(12)7-13(15)16/h3-6,10,14H,7-9H2,1-2H3,(H,15,16). The minimum Gasteiger partial charge on any atom is -0.481 e. The van der Waals surface area contributed by atoms with Gasteiger partial charge in [-0.2, -0.15) is 11.8 Å². The van der Waals surface area contributed by atoms with E-state index in [2.05, 4.69) is 18.5 Å². The summed E-state index contributed by atoms with van der Waals surface area (Å²) in [6.07, 6.45) is 2.17. The Morgan fingerprint density at radius 3 is 2.65 bits per heavy atom. The predicted octanol–water partition coefficient (Wildman–Crippen LogP) is 2.15. The molecule has 1 unspecified atom stereocenters. The summed E-state index contributed by atoms with van der Waals surface area (Å²) >= 11 is 1.80. The van der Waals surface area contributed by atoms with Gasteiger partial charge < -0.3 is 10.4 Å². The Balaban J connectivity index is 2.60. The molecule has 0 fully saturated rings. The van der Waals surface area contributed by atoms with E-state index in [1.54, 1.807) is 11.8 Å². The topological polar surface area (TPSA) is 49.3 Å². The van der Waals surface area contributed by atoms with Crippen LogP contribution < -0.4 is 5.32 Å². The summed E-state index contributed by atoms with van der Waals surface area (Å²) in [4.78, 5) is 10.7. The molecule has 0 aliphatic carbocycles. The summed E-state index contributed by atoms with van der Waals surface area (Å²) in [6.45, 7) is 2.86. The van der Waals surface area contributed by atoms with Crippen LogP contribution in [0.2, 0.25) is 0 Å². The fourth-order valence-electron chi connectivity index (χ4n) is 1.66. The molecule has 94 valence electrons. The lowest BCUT2D eigenvalue weighted by Gasteiger charge is -2.14. The van der Waals surface area contributed by atoms with Gasteiger partial charge in [-0.15, -0.1) is 0 Å². The third-order valence-electron chi connectivity index (χ3n) is 2.52. The van der Waals surface area contributed by atoms with E-state index in [1.165, 1.54) is 0 Å². The van der Waals surface area contributed by atoms with E-state index >= 15 is 0 Å². The first-order valence-electron chi connectivity index (χ1n) is 5.64. The molecule has 0 amide bonds. The van der Waals surface area contributed by atoms with E-state index in [0.29, 0.717) is 6.04 Å². The van der Waals surface area contributed by atoms with Crippen molar-refractivity contribution in [1.29, 1.82) is 0 Å². The number of rotatable bonds is 7. The van der Waals surface area contributed by atoms with Crippen molar-refractivity contribution in [3.8, 4) is 0 Å². The quantitative estimate of drug-likeness (QED) is 0.782. The maximum absolute atomic E-state index is 10.7. The molecule has 0 saturated heterocycles. The zero-order valence-electron chi connectivity index (χ0n) is 10.3. The Morgan fingerprint density at radius 2 is 2.06 bits per heavy atom. The molecule has 0 radical (unpaired) electrons. The third-order valence-corrected chi connectivity index (χ3v) is 3.35. The molecule has 1 atom stereocenters. The van der Waals surface area contributed by atoms with E-state index < -0.39 is 5.97 Å². The molecule has 0 saturated carbocycles. The van der Waals surface area contributed by atoms with Crippen LogP contribution in [-0.4, -0.2) is 29.1 Å². The molecule has 17 heavy (non-hydrogen) atoms. The molecule has 0 aromatic heterocycles. The molecule has 1 aromatic carbocycles. The first kappa shape index (κ1) is 14.1. The normalized spacial score (nSPS) is 12.4. The second kappa shape index (κ2) is 7.35. The van der Waals surface area contributed by atoms with Crippen LogP contribution in [0.1, 0.15) is 18.1 Å². The smallest absolute Gasteiger partial charge is 0.307 e. The molecule has 0 spiro atoms. The minimum atomic E-state index is -0.783. The highest BCUT2D eigenvalue weighted by molar-refractivity contribution is 7.98. The molecule has 0 bridgehead atoms. The molecule has 1 rings (SSSR count). The van der Waals surface area contributed by atoms with Crippen molar-refractivity contribution < 1.29 is 9.90 Å². The van der Waals surface area contributed by atoms with E-state index in [-0.39, 0.29) is 6.42 Å². The number of carbonyl (C=O) groups is 1. The maximum atomic E-state index is 10.7. The Kier molecular flexibility index (Phi) is 6.08. The molecule has 0 aliphatic heterocycles. The molecule has 0 heterocycles. The first-order valence-corrected chi connectivity index (χ1v) is 7.03. The SMILES string of the molecule is CSCC(C)NCc1ccccc1CC(=O)O. The number of carboxylic acids is 1. The highest BCUT2D eigenvalue weighted by Gasteiger charge is 2.07. The van der Waals surface area contributed by atoms with E-state index in [1.807, 2.05) is 24.3 Å². The first-order chi connectivity index (χ1) is 8.13. The van der Waals surface area contributed by atoms with Gasteiger partial charge in [0.2, 0.25) is 0 Å². The van der Waals surface area contributed by atoms with Gasteiger partial charge >= 0.3 is 5.97 Å². The van der Waals surface area contributed by atoms with Crippen molar-refractivity contribution in [3.63, 3.8) is 0 Å². The minimum absolute atomic E-state index is 0.0920. The van der Waals surface area contributed by atoms with Crippen LogP contribution in [0, 0.1) is 0 Å². The lowest BCUT2D eigenvalue weighted by Crippen LogP contribution is -2.28. The number of benzene rings is 1. The largest absolute Gasteiger partial charge is 0.481 e. The third kappa shape index (κ3) is 5.24. The molecule has 0 aliphatic rings. The van der Waals surface area contributed by atoms with Gasteiger partial charge in [-0.05, 0) is 24.3 Å². The second-order valence-electron chi connectivity index (χ2n) is 4.08. The lowest BCUT2D eigenvalue weighted by molar-refractivity contribution is -0.136. The number of hydrogen-bond donors (Lipinski definition) is 2. The average Bonchev–Trinajstić information content (AvgIpc) is 2.27. The fourth-order valence-corrected chi connectivity index (χ4v) is 2.28. The van der Waals surface area contributed by atoms with Crippen molar-refractivity contribution in [1.82, 2.24) is 5.32 Å². The predicted molar refractivity (Wildman–Crippen MR) is 72.5 cm³/mol. The Labute approximate surface area is 107 Å². The van der Waals surface area contributed by atoms with Gasteiger partial charge in [-0.3, -0.25) is 4.79 Å². The van der Waals surface area contributed by atoms with Crippen LogP contribution in [0.4, 0.5) is 0 Å². The monoisotopic (exact) mass is 253 g/mol. The summed E-state index contributed by atoms with van der Waals surface area (Å²) in [5.74, 6) is 0.274. The van der Waals surface area contributed by atoms with Crippen LogP contribution in [-0.2, 0) is 17.8 Å². The highest BCUT2D eigenvalue weighted by Crippen LogP contribution is 2.10. The number of aliphatic carboxylic acids is 1. The van der Waals surface area contributed by atoms with Crippen molar-refractivity contribution in [2.24, 2.45) is 0 Å². The Hall–Kier alpha value is -1.00. The van der Waals surface area contributed by atoms with Gasteiger partial charge in [0.25, 0.3) is 0 Å². The molecule has 3 nitrogen and oxygen atoms in total. The maximum Gasteiger partial charge on any atom is 0.307 e. The van der Waals surface area contributed by atoms with Gasteiger partial charge in [-0.1, -0.05) is 24.3 Å². The molecule has 2 N–H and O–H groups in total. The summed E-state index contributed by atoms with van der Waals surface area (Å²) in [7, 11) is 0. The zero-order valence-corrected chi connectivity index (χ0v) is 11.1. The van der Waals surface area contributed by atoms with Crippen molar-refractivity contribution >= 4 is 17.7 Å². The van der Waals surface area contributed by atoms with Crippen LogP contribution in [0.25, 0.3) is 0 Å². The average molecular weight is 253 g/mol. The molecule has 1 aromatic rings. The summed E-state index contributed by atoms with van der Waals surface area (Å²) < 4.78 is 0. The fraction of sp³-hybridized carbons (Fsp3) is 0.462. The zero-order chi connectivity index (χ0) is 12.7. The molecule has 4 heteroatoms. The van der Waals surface area contributed by atoms with Crippen molar-refractivity contribution in [3.05, 3.63) is 35.4 Å². The lowest BCUT2D eigenvalue weighted by atomic mass is 10.0. The van der Waals surface area contributed by atoms with Crippen LogP contribution in [0.15, 0.2) is 24.3 Å². The van der Waals surface area contributed by atoms with Crippen LogP contribution in [0.5, 0.6) is 0 Å². The van der Waals surface area contributed by atoms with E-state index in [4.69, 9.17) is 5.11 Å². The summed E-state index contributed by atoms with van der Waals surface area (Å²) in [5, 5.41) is 12.2. The number of carboxylic acid groups (broad SMARTS) is 1. The van der Waals surface area contributed by atoms with Gasteiger partial charge in [0.05, 0.1) is 6.42 Å². The molecular formula is C13H19NO2S. The second-order valence-corrected chi connectivity index (χ2v) is 4.99. The van der Waals surface area contributed by atoms with Gasteiger partial charge in [0.1, 0.15) is 0 Å². The van der Waals surface area contributed by atoms with Crippen molar-refractivity contribution in [2.45, 2.75) is 25.9 Å². The van der Waals surface area contributed by atoms with Crippen LogP contribution >= 0.6 is 11.8 Å². The van der Waals surface area contributed by atoms with Crippen LogP contribution in [0.3, 0.4) is 0 Å². The summed E-state index contributed by atoms with van der Waals surface area (Å²) in [6, 6.07) is 8.12. The summed E-state index contributed by atoms with van der Waals surface area (Å²) in [5.41, 5.74) is 1.96. The number of thioether (sulfide) groups is 1. The Bertz CT molecular complexity index is 368. The number of hydrogen-bond acceptors (Lipinski definition) is 3. The number of nitrogens with one attached hydrogen (secondary N) is 1. The Morgan fingerprint density at radius 1 is 1.41 bits per heavy atom. The van der Waals surface area contributed by atoms with E-state index in [9.17, 15) is 4.79 Å². The van der Waals surface area contributed by atoms with Gasteiger partial charge in [0, 0.05) is 18.3 Å². The van der Waals surface area contributed by atoms with E-state index in [0.717, 1.165) is 23.4 Å². The highest BCUT2D eigenvalue weighted by atomic mass is 32.2. The van der Waals surface area contributed by atoms with Crippen molar-refractivity contribution in [2.75, 3.05) is 12.0 Å². The van der Waals surface area contributed by atoms with Gasteiger partial charge in [0.15, 0.2) is 0 Å².